The predicted octanol–water partition coefficient (Wildman–Crippen LogP) is 4.41. The van der Waals surface area contributed by atoms with Crippen molar-refractivity contribution in [1.29, 1.82) is 0 Å². The molecule has 1 radical (unpaired) electrons. The lowest BCUT2D eigenvalue weighted by atomic mass is 9.99. The van der Waals surface area contributed by atoms with Crippen molar-refractivity contribution in [3.8, 4) is 0 Å². The molecule has 0 rings (SSSR count). The van der Waals surface area contributed by atoms with Crippen LogP contribution < -0.4 is 5.73 Å². The highest BCUT2D eigenvalue weighted by Crippen LogP contribution is 2.19. The van der Waals surface area contributed by atoms with Crippen molar-refractivity contribution in [1.82, 2.24) is 0 Å². The minimum Gasteiger partial charge on any atom is -0.348 e. The fourth-order valence-corrected chi connectivity index (χ4v) is 2.72. The van der Waals surface area contributed by atoms with Crippen molar-refractivity contribution >= 4 is 5.78 Å². The van der Waals surface area contributed by atoms with Crippen LogP contribution in [0, 0.1) is 6.92 Å². The smallest absolute Gasteiger partial charge is 0.190 e. The second kappa shape index (κ2) is 13.9. The summed E-state index contributed by atoms with van der Waals surface area (Å²) in [5, 5.41) is 0. The molecule has 0 saturated carbocycles. The van der Waals surface area contributed by atoms with Crippen LogP contribution in [0.3, 0.4) is 0 Å². The summed E-state index contributed by atoms with van der Waals surface area (Å²) in [6.07, 6.45) is 11.5. The molecule has 0 aliphatic carbocycles. The minimum atomic E-state index is -1.25. The first-order valence-electron chi connectivity index (χ1n) is 9.43. The van der Waals surface area contributed by atoms with Crippen LogP contribution >= 0.6 is 0 Å². The number of carbonyl (C=O) groups is 1. The van der Waals surface area contributed by atoms with Gasteiger partial charge in [0, 0.05) is 26.6 Å². The largest absolute Gasteiger partial charge is 0.348 e. The van der Waals surface area contributed by atoms with Gasteiger partial charge in [-0.25, -0.2) is 0 Å². The van der Waals surface area contributed by atoms with Gasteiger partial charge in [-0.3, -0.25) is 4.79 Å². The van der Waals surface area contributed by atoms with Crippen LogP contribution in [0.25, 0.3) is 0 Å². The van der Waals surface area contributed by atoms with Crippen LogP contribution in [0.2, 0.25) is 0 Å². The molecular weight excluding hydrogens is 290 g/mol. The van der Waals surface area contributed by atoms with Crippen molar-refractivity contribution in [2.45, 2.75) is 96.8 Å². The number of hydrogen-bond acceptors (Lipinski definition) is 4. The lowest BCUT2D eigenvalue weighted by molar-refractivity contribution is -0.213. The van der Waals surface area contributed by atoms with Gasteiger partial charge in [0.15, 0.2) is 11.6 Å². The van der Waals surface area contributed by atoms with Crippen LogP contribution in [0.1, 0.15) is 85.0 Å². The van der Waals surface area contributed by atoms with E-state index in [4.69, 9.17) is 15.2 Å². The van der Waals surface area contributed by atoms with E-state index in [2.05, 4.69) is 13.8 Å². The number of Topliss-reactive ketones (excluding diaryl/α,β-unsaturated/α-hetero) is 1. The van der Waals surface area contributed by atoms with E-state index < -0.39 is 11.8 Å². The summed E-state index contributed by atoms with van der Waals surface area (Å²) in [6, 6.07) is -0.823. The lowest BCUT2D eigenvalue weighted by Gasteiger charge is -2.33. The highest BCUT2D eigenvalue weighted by atomic mass is 16.7. The van der Waals surface area contributed by atoms with Gasteiger partial charge in [-0.15, -0.1) is 0 Å². The normalized spacial score (nSPS) is 13.3. The Balaban J connectivity index is 3.87. The van der Waals surface area contributed by atoms with Crippen LogP contribution in [-0.4, -0.2) is 30.8 Å². The highest BCUT2D eigenvalue weighted by molar-refractivity contribution is 5.85. The summed E-state index contributed by atoms with van der Waals surface area (Å²) in [4.78, 5) is 12.2. The summed E-state index contributed by atoms with van der Waals surface area (Å²) in [5.74, 6) is -1.27. The van der Waals surface area contributed by atoms with E-state index in [-0.39, 0.29) is 5.78 Å². The molecule has 1 atom stereocenters. The number of hydrogen-bond donors (Lipinski definition) is 1. The third-order valence-corrected chi connectivity index (χ3v) is 4.12. The van der Waals surface area contributed by atoms with Crippen LogP contribution in [-0.2, 0) is 14.3 Å². The van der Waals surface area contributed by atoms with E-state index in [1.165, 1.54) is 44.9 Å². The molecule has 0 spiro atoms. The Kier molecular flexibility index (Phi) is 13.7. The number of rotatable bonds is 16. The van der Waals surface area contributed by atoms with Crippen LogP contribution in [0.5, 0.6) is 0 Å². The molecule has 1 unspecified atom stereocenters. The quantitative estimate of drug-likeness (QED) is 0.337. The Hall–Kier alpha value is -0.450. The highest BCUT2D eigenvalue weighted by Gasteiger charge is 2.37. The van der Waals surface area contributed by atoms with Gasteiger partial charge in [0.05, 0.1) is 0 Å². The van der Waals surface area contributed by atoms with Crippen molar-refractivity contribution in [2.24, 2.45) is 5.73 Å². The molecule has 0 aliphatic heterocycles. The van der Waals surface area contributed by atoms with E-state index in [1.807, 2.05) is 13.8 Å². The van der Waals surface area contributed by atoms with E-state index >= 15 is 0 Å². The number of unbranched alkanes of at least 4 members (excludes halogenated alkanes) is 8. The maximum atomic E-state index is 12.2. The SMILES string of the molecule is [CH2]C(OCC)(OCC)C(N)C(=O)CCCCCCCCCCC. The van der Waals surface area contributed by atoms with E-state index in [0.29, 0.717) is 19.6 Å². The summed E-state index contributed by atoms with van der Waals surface area (Å²) in [6.45, 7) is 10.6. The molecule has 137 valence electrons. The number of carbonyl (C=O) groups excluding carboxylic acids is 1. The van der Waals surface area contributed by atoms with Gasteiger partial charge in [0.2, 0.25) is 0 Å². The number of nitrogens with two attached hydrogens (primary N) is 1. The molecule has 23 heavy (non-hydrogen) atoms. The van der Waals surface area contributed by atoms with E-state index in [0.717, 1.165) is 12.8 Å². The zero-order chi connectivity index (χ0) is 17.6. The van der Waals surface area contributed by atoms with Gasteiger partial charge in [0.25, 0.3) is 0 Å². The fraction of sp³-hybridized carbons (Fsp3) is 0.895. The summed E-state index contributed by atoms with van der Waals surface area (Å²) < 4.78 is 10.9. The minimum absolute atomic E-state index is 0.0233. The van der Waals surface area contributed by atoms with Gasteiger partial charge < -0.3 is 15.2 Å². The van der Waals surface area contributed by atoms with Crippen LogP contribution in [0.4, 0.5) is 0 Å². The second-order valence-corrected chi connectivity index (χ2v) is 6.20. The average Bonchev–Trinajstić information content (AvgIpc) is 2.52. The Morgan fingerprint density at radius 3 is 1.78 bits per heavy atom. The maximum absolute atomic E-state index is 12.2. The second-order valence-electron chi connectivity index (χ2n) is 6.20. The fourth-order valence-electron chi connectivity index (χ4n) is 2.72. The molecule has 4 heteroatoms. The summed E-state index contributed by atoms with van der Waals surface area (Å²) in [5.41, 5.74) is 6.01. The number of ether oxygens (including phenoxy) is 2. The first-order valence-corrected chi connectivity index (χ1v) is 9.43. The van der Waals surface area contributed by atoms with E-state index in [1.54, 1.807) is 0 Å². The third kappa shape index (κ3) is 10.1. The molecular formula is C19H38NO3. The Morgan fingerprint density at radius 2 is 1.35 bits per heavy atom. The van der Waals surface area contributed by atoms with Gasteiger partial charge in [-0.2, -0.15) is 0 Å². The van der Waals surface area contributed by atoms with Gasteiger partial charge in [-0.05, 0) is 20.3 Å². The van der Waals surface area contributed by atoms with Crippen molar-refractivity contribution in [3.63, 3.8) is 0 Å². The van der Waals surface area contributed by atoms with Crippen molar-refractivity contribution < 1.29 is 14.3 Å². The lowest BCUT2D eigenvalue weighted by Crippen LogP contribution is -2.54. The zero-order valence-electron chi connectivity index (χ0n) is 15.6. The topological polar surface area (TPSA) is 61.6 Å². The van der Waals surface area contributed by atoms with E-state index in [9.17, 15) is 4.79 Å². The Bertz CT molecular complexity index is 288. The van der Waals surface area contributed by atoms with Crippen molar-refractivity contribution in [2.75, 3.05) is 13.2 Å². The molecule has 0 aromatic rings. The van der Waals surface area contributed by atoms with Crippen LogP contribution in [0.15, 0.2) is 0 Å². The zero-order valence-corrected chi connectivity index (χ0v) is 15.6. The monoisotopic (exact) mass is 328 g/mol. The predicted molar refractivity (Wildman–Crippen MR) is 96.2 cm³/mol. The molecule has 0 aromatic carbocycles. The summed E-state index contributed by atoms with van der Waals surface area (Å²) in [7, 11) is 0. The Morgan fingerprint density at radius 1 is 0.913 bits per heavy atom. The molecule has 0 amide bonds. The number of ketones is 1. The standard InChI is InChI=1S/C19H38NO3/c1-5-8-9-10-11-12-13-14-15-16-17(21)18(20)19(4,22-6-2)23-7-3/h18H,4-16,20H2,1-3H3. The maximum Gasteiger partial charge on any atom is 0.190 e. The Labute approximate surface area is 143 Å². The average molecular weight is 329 g/mol. The first kappa shape index (κ1) is 22.6. The molecule has 2 N–H and O–H groups in total. The molecule has 0 aliphatic rings. The van der Waals surface area contributed by atoms with Gasteiger partial charge in [0.1, 0.15) is 6.04 Å². The molecule has 0 bridgehead atoms. The molecule has 0 heterocycles. The molecule has 0 saturated heterocycles. The van der Waals surface area contributed by atoms with Gasteiger partial charge in [-0.1, -0.05) is 58.3 Å². The van der Waals surface area contributed by atoms with Gasteiger partial charge >= 0.3 is 0 Å². The first-order chi connectivity index (χ1) is 11.0. The molecule has 0 fully saturated rings. The molecule has 4 nitrogen and oxygen atoms in total. The molecule has 0 aromatic heterocycles. The summed E-state index contributed by atoms with van der Waals surface area (Å²) >= 11 is 0. The van der Waals surface area contributed by atoms with Crippen molar-refractivity contribution in [3.05, 3.63) is 6.92 Å². The third-order valence-electron chi connectivity index (χ3n) is 4.12.